The van der Waals surface area contributed by atoms with Gasteiger partial charge in [0.25, 0.3) is 9.84 Å². The molecule has 0 aliphatic rings. The Kier molecular flexibility index (Phi) is 4.00. The zero-order valence-corrected chi connectivity index (χ0v) is 10.1. The highest BCUT2D eigenvalue weighted by molar-refractivity contribution is 7.92. The fourth-order valence-corrected chi connectivity index (χ4v) is 1.91. The van der Waals surface area contributed by atoms with Crippen LogP contribution in [0.1, 0.15) is 12.5 Å². The van der Waals surface area contributed by atoms with Crippen LogP contribution in [0.25, 0.3) is 0 Å². The maximum atomic E-state index is 12.2. The minimum absolute atomic E-state index is 0.127. The predicted octanol–water partition coefficient (Wildman–Crippen LogP) is 1.62. The number of nitrogens with one attached hydrogen (secondary N) is 1. The monoisotopic (exact) mass is 281 g/mol. The average molecular weight is 281 g/mol. The maximum absolute atomic E-state index is 12.2. The van der Waals surface area contributed by atoms with Crippen LogP contribution >= 0.6 is 0 Å². The van der Waals surface area contributed by atoms with E-state index in [2.05, 4.69) is 5.32 Å². The van der Waals surface area contributed by atoms with Gasteiger partial charge in [0.1, 0.15) is 0 Å². The zero-order valence-electron chi connectivity index (χ0n) is 9.28. The second kappa shape index (κ2) is 4.97. The Hall–Kier alpha value is -1.57. The molecule has 1 N–H and O–H groups in total. The summed E-state index contributed by atoms with van der Waals surface area (Å²) in [4.78, 5) is 9.80. The van der Waals surface area contributed by atoms with Crippen molar-refractivity contribution in [2.24, 2.45) is 0 Å². The molecule has 0 aliphatic heterocycles. The van der Waals surface area contributed by atoms with Crippen molar-refractivity contribution in [1.29, 1.82) is 0 Å². The molecule has 0 aliphatic carbocycles. The number of rotatable bonds is 3. The van der Waals surface area contributed by atoms with E-state index in [4.69, 9.17) is 0 Å². The van der Waals surface area contributed by atoms with E-state index in [1.54, 1.807) is 0 Å². The van der Waals surface area contributed by atoms with E-state index in [0.29, 0.717) is 5.56 Å². The van der Waals surface area contributed by atoms with Crippen LogP contribution in [0, 0.1) is 0 Å². The normalized spacial score (nSPS) is 12.2. The summed E-state index contributed by atoms with van der Waals surface area (Å²) < 4.78 is 58.8. The molecule has 0 saturated carbocycles. The lowest BCUT2D eigenvalue weighted by Gasteiger charge is -2.08. The molecule has 4 nitrogen and oxygen atoms in total. The predicted molar refractivity (Wildman–Crippen MR) is 57.2 cm³/mol. The van der Waals surface area contributed by atoms with Gasteiger partial charge in [-0.05, 0) is 17.7 Å². The first-order chi connectivity index (χ1) is 8.14. The first-order valence-electron chi connectivity index (χ1n) is 4.79. The standard InChI is InChI=1S/C10H10F3NO3S/c1-7(15)14-6-8-2-4-9(5-3-8)18(16,17)10(11,12)13/h2-5H,6H2,1H3,(H,14,15). The molecule has 1 amide bonds. The van der Waals surface area contributed by atoms with Crippen molar-refractivity contribution < 1.29 is 26.4 Å². The summed E-state index contributed by atoms with van der Waals surface area (Å²) in [6.07, 6.45) is 0. The fourth-order valence-electron chi connectivity index (χ4n) is 1.15. The molecule has 0 heterocycles. The number of benzene rings is 1. The summed E-state index contributed by atoms with van der Waals surface area (Å²) in [5.74, 6) is -0.290. The van der Waals surface area contributed by atoms with Gasteiger partial charge in [0.05, 0.1) is 4.90 Å². The smallest absolute Gasteiger partial charge is 0.352 e. The molecular formula is C10H10F3NO3S. The van der Waals surface area contributed by atoms with Crippen molar-refractivity contribution in [3.63, 3.8) is 0 Å². The summed E-state index contributed by atoms with van der Waals surface area (Å²) in [6.45, 7) is 1.42. The van der Waals surface area contributed by atoms with Crippen LogP contribution in [0.3, 0.4) is 0 Å². The molecule has 0 fully saturated rings. The Labute approximate surface area is 102 Å². The number of halogens is 3. The van der Waals surface area contributed by atoms with Crippen LogP contribution in [0.5, 0.6) is 0 Å². The summed E-state index contributed by atoms with van der Waals surface area (Å²) in [5.41, 5.74) is -4.81. The number of carbonyl (C=O) groups excluding carboxylic acids is 1. The third kappa shape index (κ3) is 3.22. The van der Waals surface area contributed by atoms with Gasteiger partial charge in [0.15, 0.2) is 0 Å². The highest BCUT2D eigenvalue weighted by Gasteiger charge is 2.46. The van der Waals surface area contributed by atoms with Crippen LogP contribution in [0.4, 0.5) is 13.2 Å². The Bertz CT molecular complexity index is 534. The van der Waals surface area contributed by atoms with Gasteiger partial charge in [0.2, 0.25) is 5.91 Å². The Balaban J connectivity index is 2.93. The van der Waals surface area contributed by atoms with Crippen molar-refractivity contribution in [2.45, 2.75) is 23.9 Å². The van der Waals surface area contributed by atoms with Gasteiger partial charge in [-0.2, -0.15) is 13.2 Å². The Morgan fingerprint density at radius 3 is 2.11 bits per heavy atom. The van der Waals surface area contributed by atoms with E-state index in [1.165, 1.54) is 19.1 Å². The number of alkyl halides is 3. The molecule has 1 aromatic carbocycles. The van der Waals surface area contributed by atoms with E-state index in [1.807, 2.05) is 0 Å². The van der Waals surface area contributed by atoms with E-state index < -0.39 is 20.2 Å². The van der Waals surface area contributed by atoms with Crippen LogP contribution < -0.4 is 5.32 Å². The van der Waals surface area contributed by atoms with Crippen molar-refractivity contribution in [3.8, 4) is 0 Å². The topological polar surface area (TPSA) is 63.2 Å². The molecular weight excluding hydrogens is 271 g/mol. The second-order valence-corrected chi connectivity index (χ2v) is 5.44. The minimum Gasteiger partial charge on any atom is -0.352 e. The number of hydrogen-bond donors (Lipinski definition) is 1. The highest BCUT2D eigenvalue weighted by Crippen LogP contribution is 2.30. The van der Waals surface area contributed by atoms with Crippen molar-refractivity contribution in [2.75, 3.05) is 0 Å². The molecule has 0 unspecified atom stereocenters. The molecule has 0 bridgehead atoms. The molecule has 100 valence electrons. The van der Waals surface area contributed by atoms with E-state index in [9.17, 15) is 26.4 Å². The average Bonchev–Trinajstić information content (AvgIpc) is 2.25. The van der Waals surface area contributed by atoms with Gasteiger partial charge in [0, 0.05) is 13.5 Å². The summed E-state index contributed by atoms with van der Waals surface area (Å²) in [6, 6.07) is 4.16. The van der Waals surface area contributed by atoms with Gasteiger partial charge in [-0.3, -0.25) is 4.79 Å². The molecule has 0 atom stereocenters. The van der Waals surface area contributed by atoms with Crippen molar-refractivity contribution >= 4 is 15.7 Å². The van der Waals surface area contributed by atoms with Crippen LogP contribution in [0.2, 0.25) is 0 Å². The maximum Gasteiger partial charge on any atom is 0.501 e. The first kappa shape index (κ1) is 14.5. The molecule has 1 aromatic rings. The number of amides is 1. The summed E-state index contributed by atoms with van der Waals surface area (Å²) in [5, 5.41) is 2.44. The van der Waals surface area contributed by atoms with Gasteiger partial charge in [-0.15, -0.1) is 0 Å². The quantitative estimate of drug-likeness (QED) is 0.915. The lowest BCUT2D eigenvalue weighted by Crippen LogP contribution is -2.23. The lowest BCUT2D eigenvalue weighted by molar-refractivity contribution is -0.119. The van der Waals surface area contributed by atoms with E-state index in [-0.39, 0.29) is 12.5 Å². The molecule has 8 heteroatoms. The molecule has 0 radical (unpaired) electrons. The molecule has 0 spiro atoms. The zero-order chi connectivity index (χ0) is 14.0. The third-order valence-electron chi connectivity index (χ3n) is 2.08. The lowest BCUT2D eigenvalue weighted by atomic mass is 10.2. The molecule has 18 heavy (non-hydrogen) atoms. The molecule has 0 aromatic heterocycles. The fraction of sp³-hybridized carbons (Fsp3) is 0.300. The van der Waals surface area contributed by atoms with Crippen LogP contribution in [-0.4, -0.2) is 19.8 Å². The van der Waals surface area contributed by atoms with Gasteiger partial charge >= 0.3 is 5.51 Å². The van der Waals surface area contributed by atoms with E-state index >= 15 is 0 Å². The van der Waals surface area contributed by atoms with Gasteiger partial charge in [-0.25, -0.2) is 8.42 Å². The van der Waals surface area contributed by atoms with Crippen LogP contribution in [-0.2, 0) is 21.2 Å². The SMILES string of the molecule is CC(=O)NCc1ccc(S(=O)(=O)C(F)(F)F)cc1. The van der Waals surface area contributed by atoms with E-state index in [0.717, 1.165) is 12.1 Å². The summed E-state index contributed by atoms with van der Waals surface area (Å²) in [7, 11) is -5.31. The van der Waals surface area contributed by atoms with Gasteiger partial charge < -0.3 is 5.32 Å². The third-order valence-corrected chi connectivity index (χ3v) is 3.58. The number of sulfone groups is 1. The Morgan fingerprint density at radius 2 is 1.72 bits per heavy atom. The number of hydrogen-bond acceptors (Lipinski definition) is 3. The first-order valence-corrected chi connectivity index (χ1v) is 6.27. The molecule has 1 rings (SSSR count). The largest absolute Gasteiger partial charge is 0.501 e. The second-order valence-electron chi connectivity index (χ2n) is 3.50. The van der Waals surface area contributed by atoms with Crippen molar-refractivity contribution in [1.82, 2.24) is 5.32 Å². The summed E-state index contributed by atoms with van der Waals surface area (Å²) >= 11 is 0. The Morgan fingerprint density at radius 1 is 1.22 bits per heavy atom. The van der Waals surface area contributed by atoms with Crippen molar-refractivity contribution in [3.05, 3.63) is 29.8 Å². The molecule has 0 saturated heterocycles. The van der Waals surface area contributed by atoms with Gasteiger partial charge in [-0.1, -0.05) is 12.1 Å². The number of carbonyl (C=O) groups is 1. The highest BCUT2D eigenvalue weighted by atomic mass is 32.2. The minimum atomic E-state index is -5.31. The van der Waals surface area contributed by atoms with Crippen LogP contribution in [0.15, 0.2) is 29.2 Å².